The van der Waals surface area contributed by atoms with Crippen LogP contribution in [0.1, 0.15) is 44.8 Å². The zero-order valence-corrected chi connectivity index (χ0v) is 20.0. The van der Waals surface area contributed by atoms with Crippen molar-refractivity contribution in [2.45, 2.75) is 25.9 Å². The van der Waals surface area contributed by atoms with Gasteiger partial charge >= 0.3 is 0 Å². The van der Waals surface area contributed by atoms with Crippen LogP contribution in [-0.4, -0.2) is 53.5 Å². The molecule has 1 N–H and O–H groups in total. The maximum absolute atomic E-state index is 13.5. The third-order valence-corrected chi connectivity index (χ3v) is 7.29. The zero-order valence-electron chi connectivity index (χ0n) is 20.0. The third-order valence-electron chi connectivity index (χ3n) is 7.29. The zero-order chi connectivity index (χ0) is 23.7. The highest BCUT2D eigenvalue weighted by Crippen LogP contribution is 2.45. The van der Waals surface area contributed by atoms with Gasteiger partial charge in [0.05, 0.1) is 35.8 Å². The fourth-order valence-corrected chi connectivity index (χ4v) is 5.87. The summed E-state index contributed by atoms with van der Waals surface area (Å²) in [7, 11) is 7.79. The van der Waals surface area contributed by atoms with Crippen molar-refractivity contribution >= 4 is 50.5 Å². The van der Waals surface area contributed by atoms with Gasteiger partial charge in [0.15, 0.2) is 5.78 Å². The normalized spacial score (nSPS) is 15.4. The first-order chi connectivity index (χ1) is 16.4. The molecule has 2 aromatic heterocycles. The average molecular weight is 457 g/mol. The Kier molecular flexibility index (Phi) is 4.61. The summed E-state index contributed by atoms with van der Waals surface area (Å²) in [6, 6.07) is 8.33. The number of amides is 1. The molecule has 0 spiro atoms. The summed E-state index contributed by atoms with van der Waals surface area (Å²) in [5.41, 5.74) is 6.37. The molecular weight excluding hydrogens is 428 g/mol. The van der Waals surface area contributed by atoms with Crippen LogP contribution < -0.4 is 5.32 Å². The third kappa shape index (κ3) is 2.73. The summed E-state index contributed by atoms with van der Waals surface area (Å²) in [5.74, 6) is 0.595. The van der Waals surface area contributed by atoms with Gasteiger partial charge in [-0.2, -0.15) is 0 Å². The lowest BCUT2D eigenvalue weighted by molar-refractivity contribution is 0.0954. The lowest BCUT2D eigenvalue weighted by atomic mass is 9.93. The second kappa shape index (κ2) is 7.46. The van der Waals surface area contributed by atoms with Gasteiger partial charge in [0.2, 0.25) is 0 Å². The minimum Gasteiger partial charge on any atom is -0.501 e. The van der Waals surface area contributed by atoms with Crippen LogP contribution in [0.4, 0.5) is 0 Å². The quantitative estimate of drug-likeness (QED) is 0.492. The van der Waals surface area contributed by atoms with Gasteiger partial charge in [0, 0.05) is 47.4 Å². The number of rotatable bonds is 5. The summed E-state index contributed by atoms with van der Waals surface area (Å²) in [5, 5.41) is 6.15. The molecule has 174 valence electrons. The van der Waals surface area contributed by atoms with Crippen molar-refractivity contribution in [3.8, 4) is 0 Å². The van der Waals surface area contributed by atoms with Crippen LogP contribution in [0.15, 0.2) is 30.0 Å². The molecule has 7 nitrogen and oxygen atoms in total. The van der Waals surface area contributed by atoms with Crippen molar-refractivity contribution in [3.05, 3.63) is 52.4 Å². The number of ether oxygens (including phenoxy) is 1. The van der Waals surface area contributed by atoms with Gasteiger partial charge in [-0.25, -0.2) is 0 Å². The number of allylic oxidation sites excluding steroid dienone is 1. The van der Waals surface area contributed by atoms with Crippen LogP contribution in [0.3, 0.4) is 0 Å². The molecule has 0 atom stereocenters. The molecule has 0 bridgehead atoms. The highest BCUT2D eigenvalue weighted by Gasteiger charge is 2.35. The number of benzene rings is 2. The van der Waals surface area contributed by atoms with Gasteiger partial charge in [-0.1, -0.05) is 18.2 Å². The highest BCUT2D eigenvalue weighted by atomic mass is 16.5. The number of Topliss-reactive ketones (excluding diaryl/α,β-unsaturated/α-hetero) is 1. The SMILES string of the molecule is COC1=Cc2c(n(CCCN(C)C)c3c2c2c(c4c5ccccc5n(C)c43)CNC2=O)C(=O)C1. The monoisotopic (exact) mass is 456 g/mol. The number of ketones is 1. The topological polar surface area (TPSA) is 68.5 Å². The van der Waals surface area contributed by atoms with E-state index in [4.69, 9.17) is 4.74 Å². The summed E-state index contributed by atoms with van der Waals surface area (Å²) in [4.78, 5) is 28.8. The van der Waals surface area contributed by atoms with E-state index in [-0.39, 0.29) is 18.1 Å². The maximum Gasteiger partial charge on any atom is 0.252 e. The first-order valence-electron chi connectivity index (χ1n) is 11.7. The molecule has 1 aliphatic carbocycles. The van der Waals surface area contributed by atoms with E-state index >= 15 is 0 Å². The smallest absolute Gasteiger partial charge is 0.252 e. The first-order valence-corrected chi connectivity index (χ1v) is 11.7. The van der Waals surface area contributed by atoms with Gasteiger partial charge in [-0.05, 0) is 44.8 Å². The van der Waals surface area contributed by atoms with Gasteiger partial charge in [-0.3, -0.25) is 9.59 Å². The Morgan fingerprint density at radius 3 is 2.68 bits per heavy atom. The minimum absolute atomic E-state index is 0.0365. The Bertz CT molecular complexity index is 1570. The van der Waals surface area contributed by atoms with Crippen molar-refractivity contribution in [1.29, 1.82) is 0 Å². The van der Waals surface area contributed by atoms with Crippen molar-refractivity contribution in [2.75, 3.05) is 27.7 Å². The Labute approximate surface area is 197 Å². The summed E-state index contributed by atoms with van der Waals surface area (Å²) >= 11 is 0. The summed E-state index contributed by atoms with van der Waals surface area (Å²) < 4.78 is 9.90. The number of hydrogen-bond donors (Lipinski definition) is 1. The molecule has 7 heteroatoms. The lowest BCUT2D eigenvalue weighted by Gasteiger charge is -2.17. The number of carbonyl (C=O) groups is 2. The van der Waals surface area contributed by atoms with E-state index in [1.807, 2.05) is 18.2 Å². The molecule has 0 fully saturated rings. The number of aryl methyl sites for hydroxylation is 2. The van der Waals surface area contributed by atoms with E-state index in [1.54, 1.807) is 7.11 Å². The number of nitrogens with one attached hydrogen (secondary N) is 1. The molecule has 0 unspecified atom stereocenters. The Morgan fingerprint density at radius 2 is 1.91 bits per heavy atom. The standard InChI is InChI=1S/C27H28N4O3/c1-29(2)10-7-11-31-24-17(12-15(34-4)13-20(24)32)22-23-18(14-28-27(23)33)21-16-8-5-6-9-19(16)30(3)25(21)26(22)31/h5-6,8-9,12H,7,10-11,13-14H2,1-4H3,(H,28,33). The molecule has 34 heavy (non-hydrogen) atoms. The molecule has 1 aliphatic heterocycles. The van der Waals surface area contributed by atoms with E-state index in [0.717, 1.165) is 56.8 Å². The molecule has 3 heterocycles. The van der Waals surface area contributed by atoms with Gasteiger partial charge in [-0.15, -0.1) is 0 Å². The molecule has 6 rings (SSSR count). The van der Waals surface area contributed by atoms with E-state index in [9.17, 15) is 9.59 Å². The average Bonchev–Trinajstić information content (AvgIpc) is 3.45. The van der Waals surface area contributed by atoms with E-state index in [0.29, 0.717) is 30.1 Å². The van der Waals surface area contributed by atoms with Crippen LogP contribution in [-0.2, 0) is 24.9 Å². The van der Waals surface area contributed by atoms with Crippen LogP contribution in [0.5, 0.6) is 0 Å². The van der Waals surface area contributed by atoms with Crippen LogP contribution in [0, 0.1) is 0 Å². The predicted molar refractivity (Wildman–Crippen MR) is 134 cm³/mol. The Morgan fingerprint density at radius 1 is 1.12 bits per heavy atom. The minimum atomic E-state index is -0.0755. The molecular formula is C27H28N4O3. The molecule has 0 saturated heterocycles. The highest BCUT2D eigenvalue weighted by molar-refractivity contribution is 6.28. The molecule has 0 saturated carbocycles. The summed E-state index contributed by atoms with van der Waals surface area (Å²) in [6.45, 7) is 2.10. The van der Waals surface area contributed by atoms with Gasteiger partial charge in [0.1, 0.15) is 5.76 Å². The molecule has 2 aliphatic rings. The molecule has 2 aromatic carbocycles. The Hall–Kier alpha value is -3.58. The lowest BCUT2D eigenvalue weighted by Crippen LogP contribution is -2.18. The van der Waals surface area contributed by atoms with Crippen molar-refractivity contribution in [3.63, 3.8) is 0 Å². The number of carbonyl (C=O) groups excluding carboxylic acids is 2. The fourth-order valence-electron chi connectivity index (χ4n) is 5.87. The van der Waals surface area contributed by atoms with Crippen molar-refractivity contribution in [2.24, 2.45) is 7.05 Å². The van der Waals surface area contributed by atoms with Crippen molar-refractivity contribution < 1.29 is 14.3 Å². The largest absolute Gasteiger partial charge is 0.501 e. The number of hydrogen-bond acceptors (Lipinski definition) is 4. The number of aromatic nitrogens is 2. The molecule has 1 amide bonds. The fraction of sp³-hybridized carbons (Fsp3) is 0.333. The Balaban J connectivity index is 1.83. The number of methoxy groups -OCH3 is 1. The van der Waals surface area contributed by atoms with E-state index in [2.05, 4.69) is 52.6 Å². The maximum atomic E-state index is 13.5. The van der Waals surface area contributed by atoms with Crippen LogP contribution in [0.25, 0.3) is 38.8 Å². The summed E-state index contributed by atoms with van der Waals surface area (Å²) in [6.07, 6.45) is 3.09. The van der Waals surface area contributed by atoms with E-state index in [1.165, 1.54) is 0 Å². The number of fused-ring (bicyclic) bond motifs is 10. The van der Waals surface area contributed by atoms with Crippen LogP contribution >= 0.6 is 0 Å². The van der Waals surface area contributed by atoms with Crippen molar-refractivity contribution in [1.82, 2.24) is 19.4 Å². The van der Waals surface area contributed by atoms with E-state index < -0.39 is 0 Å². The second-order valence-electron chi connectivity index (χ2n) is 9.55. The van der Waals surface area contributed by atoms with Gasteiger partial charge in [0.25, 0.3) is 5.91 Å². The predicted octanol–water partition coefficient (Wildman–Crippen LogP) is 4.06. The molecule has 4 aromatic rings. The second-order valence-corrected chi connectivity index (χ2v) is 9.55. The first kappa shape index (κ1) is 21.0. The van der Waals surface area contributed by atoms with Crippen LogP contribution in [0.2, 0.25) is 0 Å². The van der Waals surface area contributed by atoms with Gasteiger partial charge < -0.3 is 24.1 Å². The number of para-hydroxylation sites is 1. The molecule has 0 radical (unpaired) electrons. The number of nitrogens with zero attached hydrogens (tertiary/aromatic N) is 3.